The van der Waals surface area contributed by atoms with Crippen LogP contribution in [0.25, 0.3) is 0 Å². The van der Waals surface area contributed by atoms with Crippen molar-refractivity contribution in [2.45, 2.75) is 25.8 Å². The van der Waals surface area contributed by atoms with Crippen molar-refractivity contribution in [3.8, 4) is 0 Å². The van der Waals surface area contributed by atoms with E-state index in [2.05, 4.69) is 28.2 Å². The minimum atomic E-state index is 0.631. The molecular weight excluding hydrogens is 198 g/mol. The topological polar surface area (TPSA) is 28.2 Å². The van der Waals surface area contributed by atoms with Gasteiger partial charge in [0.05, 0.1) is 5.69 Å². The van der Waals surface area contributed by atoms with Gasteiger partial charge < -0.3 is 10.2 Å². The number of rotatable bonds is 2. The van der Waals surface area contributed by atoms with E-state index in [0.29, 0.717) is 6.04 Å². The van der Waals surface area contributed by atoms with Crippen molar-refractivity contribution >= 4 is 5.69 Å². The van der Waals surface area contributed by atoms with E-state index in [1.807, 2.05) is 12.4 Å². The Morgan fingerprint density at radius 3 is 2.75 bits per heavy atom. The van der Waals surface area contributed by atoms with Crippen molar-refractivity contribution in [2.75, 3.05) is 25.0 Å². The number of anilines is 1. The Kier molecular flexibility index (Phi) is 2.56. The molecule has 86 valence electrons. The molecule has 16 heavy (non-hydrogen) atoms. The quantitative estimate of drug-likeness (QED) is 0.820. The molecule has 3 saturated heterocycles. The number of pyridine rings is 1. The van der Waals surface area contributed by atoms with Gasteiger partial charge in [0, 0.05) is 25.0 Å². The predicted molar refractivity (Wildman–Crippen MR) is 65.5 cm³/mol. The van der Waals surface area contributed by atoms with Crippen LogP contribution in [-0.2, 0) is 0 Å². The maximum atomic E-state index is 4.24. The van der Waals surface area contributed by atoms with Crippen LogP contribution in [0.4, 0.5) is 5.69 Å². The standard InChI is InChI=1S/C13H19N3/c1-10-6-12(8-14-7-10)15-13-9-16-4-2-11(13)3-5-16/h6-8,11,13,15H,2-5,9H2,1H3. The Morgan fingerprint density at radius 2 is 2.12 bits per heavy atom. The van der Waals surface area contributed by atoms with Gasteiger partial charge >= 0.3 is 0 Å². The van der Waals surface area contributed by atoms with Gasteiger partial charge in [0.15, 0.2) is 0 Å². The highest BCUT2D eigenvalue weighted by molar-refractivity contribution is 5.43. The smallest absolute Gasteiger partial charge is 0.0532 e. The molecule has 0 amide bonds. The minimum Gasteiger partial charge on any atom is -0.379 e. The molecule has 0 spiro atoms. The molecule has 3 aliphatic rings. The molecule has 1 unspecified atom stereocenters. The fourth-order valence-electron chi connectivity index (χ4n) is 2.98. The minimum absolute atomic E-state index is 0.631. The van der Waals surface area contributed by atoms with E-state index in [9.17, 15) is 0 Å². The van der Waals surface area contributed by atoms with Gasteiger partial charge in [-0.25, -0.2) is 0 Å². The van der Waals surface area contributed by atoms with E-state index < -0.39 is 0 Å². The van der Waals surface area contributed by atoms with Gasteiger partial charge in [-0.1, -0.05) is 0 Å². The van der Waals surface area contributed by atoms with Crippen LogP contribution in [0.3, 0.4) is 0 Å². The average Bonchev–Trinajstić information content (AvgIpc) is 2.30. The highest BCUT2D eigenvalue weighted by Crippen LogP contribution is 2.29. The lowest BCUT2D eigenvalue weighted by Crippen LogP contribution is -2.53. The van der Waals surface area contributed by atoms with Crippen molar-refractivity contribution in [3.63, 3.8) is 0 Å². The summed E-state index contributed by atoms with van der Waals surface area (Å²) in [5, 5.41) is 3.65. The number of hydrogen-bond acceptors (Lipinski definition) is 3. The Hall–Kier alpha value is -1.09. The van der Waals surface area contributed by atoms with Gasteiger partial charge in [-0.2, -0.15) is 0 Å². The van der Waals surface area contributed by atoms with Gasteiger partial charge in [-0.15, -0.1) is 0 Å². The fourth-order valence-corrected chi connectivity index (χ4v) is 2.98. The van der Waals surface area contributed by atoms with Crippen molar-refractivity contribution in [1.29, 1.82) is 0 Å². The fraction of sp³-hybridized carbons (Fsp3) is 0.615. The van der Waals surface area contributed by atoms with Gasteiger partial charge in [-0.3, -0.25) is 4.98 Å². The molecule has 4 rings (SSSR count). The summed E-state index contributed by atoms with van der Waals surface area (Å²) >= 11 is 0. The molecule has 1 N–H and O–H groups in total. The maximum absolute atomic E-state index is 4.24. The Morgan fingerprint density at radius 1 is 1.31 bits per heavy atom. The molecule has 1 aromatic heterocycles. The third-order valence-corrected chi connectivity index (χ3v) is 3.88. The highest BCUT2D eigenvalue weighted by atomic mass is 15.2. The largest absolute Gasteiger partial charge is 0.379 e. The van der Waals surface area contributed by atoms with Crippen molar-refractivity contribution < 1.29 is 0 Å². The van der Waals surface area contributed by atoms with Gasteiger partial charge in [0.1, 0.15) is 0 Å². The van der Waals surface area contributed by atoms with Crippen molar-refractivity contribution in [1.82, 2.24) is 9.88 Å². The highest BCUT2D eigenvalue weighted by Gasteiger charge is 2.33. The molecule has 3 nitrogen and oxygen atoms in total. The molecule has 4 heterocycles. The second-order valence-electron chi connectivity index (χ2n) is 5.14. The van der Waals surface area contributed by atoms with Gasteiger partial charge in [0.25, 0.3) is 0 Å². The van der Waals surface area contributed by atoms with Gasteiger partial charge in [0.2, 0.25) is 0 Å². The maximum Gasteiger partial charge on any atom is 0.0532 e. The normalized spacial score (nSPS) is 32.7. The van der Waals surface area contributed by atoms with Crippen LogP contribution in [0.1, 0.15) is 18.4 Å². The van der Waals surface area contributed by atoms with Crippen LogP contribution in [0.15, 0.2) is 18.5 Å². The molecule has 0 radical (unpaired) electrons. The molecule has 1 atom stereocenters. The first-order valence-electron chi connectivity index (χ1n) is 6.22. The summed E-state index contributed by atoms with van der Waals surface area (Å²) in [5.41, 5.74) is 2.41. The number of fused-ring (bicyclic) bond motifs is 3. The third kappa shape index (κ3) is 1.92. The number of nitrogens with zero attached hydrogens (tertiary/aromatic N) is 2. The lowest BCUT2D eigenvalue weighted by molar-refractivity contribution is 0.0975. The molecule has 0 aliphatic carbocycles. The lowest BCUT2D eigenvalue weighted by Gasteiger charge is -2.45. The second kappa shape index (κ2) is 4.06. The Labute approximate surface area is 96.9 Å². The summed E-state index contributed by atoms with van der Waals surface area (Å²) in [7, 11) is 0. The first-order valence-corrected chi connectivity index (χ1v) is 6.22. The predicted octanol–water partition coefficient (Wildman–Crippen LogP) is 1.90. The summed E-state index contributed by atoms with van der Waals surface area (Å²) in [6.45, 7) is 5.90. The zero-order valence-electron chi connectivity index (χ0n) is 9.82. The molecule has 3 heteroatoms. The SMILES string of the molecule is Cc1cncc(NC2CN3CCC2CC3)c1. The summed E-state index contributed by atoms with van der Waals surface area (Å²) in [6, 6.07) is 2.82. The van der Waals surface area contributed by atoms with Crippen LogP contribution >= 0.6 is 0 Å². The summed E-state index contributed by atoms with van der Waals surface area (Å²) < 4.78 is 0. The zero-order valence-corrected chi connectivity index (χ0v) is 9.82. The van der Waals surface area contributed by atoms with E-state index in [1.54, 1.807) is 0 Å². The van der Waals surface area contributed by atoms with Crippen molar-refractivity contribution in [2.24, 2.45) is 5.92 Å². The molecule has 0 aromatic carbocycles. The summed E-state index contributed by atoms with van der Waals surface area (Å²) in [6.07, 6.45) is 6.56. The summed E-state index contributed by atoms with van der Waals surface area (Å²) in [5.74, 6) is 0.866. The molecule has 0 saturated carbocycles. The van der Waals surface area contributed by atoms with E-state index in [0.717, 1.165) is 5.92 Å². The molecule has 3 fully saturated rings. The monoisotopic (exact) mass is 217 g/mol. The van der Waals surface area contributed by atoms with Gasteiger partial charge in [-0.05, 0) is 50.4 Å². The van der Waals surface area contributed by atoms with E-state index in [-0.39, 0.29) is 0 Å². The summed E-state index contributed by atoms with van der Waals surface area (Å²) in [4.78, 5) is 6.81. The molecule has 1 aromatic rings. The zero-order chi connectivity index (χ0) is 11.0. The average molecular weight is 217 g/mol. The molecular formula is C13H19N3. The first kappa shape index (κ1) is 10.1. The third-order valence-electron chi connectivity index (χ3n) is 3.88. The molecule has 3 aliphatic heterocycles. The Bertz CT molecular complexity index is 369. The lowest BCUT2D eigenvalue weighted by atomic mass is 9.84. The molecule has 2 bridgehead atoms. The van der Waals surface area contributed by atoms with Crippen LogP contribution in [0.5, 0.6) is 0 Å². The number of nitrogens with one attached hydrogen (secondary N) is 1. The van der Waals surface area contributed by atoms with Crippen LogP contribution < -0.4 is 5.32 Å². The number of piperidine rings is 3. The number of hydrogen-bond donors (Lipinski definition) is 1. The van der Waals surface area contributed by atoms with Crippen LogP contribution in [-0.4, -0.2) is 35.6 Å². The van der Waals surface area contributed by atoms with E-state index in [1.165, 1.54) is 43.7 Å². The first-order chi connectivity index (χ1) is 7.81. The van der Waals surface area contributed by atoms with Crippen LogP contribution in [0.2, 0.25) is 0 Å². The Balaban J connectivity index is 1.71. The van der Waals surface area contributed by atoms with Crippen LogP contribution in [0, 0.1) is 12.8 Å². The van der Waals surface area contributed by atoms with Crippen molar-refractivity contribution in [3.05, 3.63) is 24.0 Å². The number of aryl methyl sites for hydroxylation is 1. The number of aromatic nitrogens is 1. The van der Waals surface area contributed by atoms with E-state index >= 15 is 0 Å². The second-order valence-corrected chi connectivity index (χ2v) is 5.14. The van der Waals surface area contributed by atoms with E-state index in [4.69, 9.17) is 0 Å².